The van der Waals surface area contributed by atoms with Crippen LogP contribution in [0.5, 0.6) is 11.5 Å². The number of hydrogen-bond acceptors (Lipinski definition) is 2. The van der Waals surface area contributed by atoms with Crippen LogP contribution in [0.4, 0.5) is 4.39 Å². The van der Waals surface area contributed by atoms with Crippen molar-refractivity contribution in [2.24, 2.45) is 0 Å². The highest BCUT2D eigenvalue weighted by Gasteiger charge is 2.21. The van der Waals surface area contributed by atoms with Gasteiger partial charge in [-0.3, -0.25) is 4.90 Å². The van der Waals surface area contributed by atoms with Gasteiger partial charge in [-0.1, -0.05) is 12.1 Å². The van der Waals surface area contributed by atoms with Crippen molar-refractivity contribution >= 4 is 0 Å². The number of hydrogen-bond donors (Lipinski definition) is 1. The van der Waals surface area contributed by atoms with Crippen molar-refractivity contribution < 1.29 is 18.8 Å². The fourth-order valence-electron chi connectivity index (χ4n) is 2.47. The molecule has 1 atom stereocenters. The summed E-state index contributed by atoms with van der Waals surface area (Å²) < 4.78 is 23.9. The average Bonchev–Trinajstić information content (AvgIpc) is 2.49. The van der Waals surface area contributed by atoms with Crippen LogP contribution in [0.25, 0.3) is 0 Å². The molecule has 3 nitrogen and oxygen atoms in total. The maximum atomic E-state index is 12.9. The second-order valence-corrected chi connectivity index (χ2v) is 4.99. The zero-order valence-corrected chi connectivity index (χ0v) is 11.4. The SMILES string of the molecule is COc1ccc2c(c1)C[NH+](Cc1ccc(F)cc1)CO2. The molecule has 0 saturated heterocycles. The van der Waals surface area contributed by atoms with Gasteiger partial charge in [0.25, 0.3) is 0 Å². The van der Waals surface area contributed by atoms with E-state index in [-0.39, 0.29) is 5.82 Å². The lowest BCUT2D eigenvalue weighted by Crippen LogP contribution is -3.10. The summed E-state index contributed by atoms with van der Waals surface area (Å²) in [7, 11) is 1.66. The topological polar surface area (TPSA) is 22.9 Å². The maximum absolute atomic E-state index is 12.9. The van der Waals surface area contributed by atoms with Crippen molar-refractivity contribution in [3.8, 4) is 11.5 Å². The Balaban J connectivity index is 1.73. The monoisotopic (exact) mass is 274 g/mol. The zero-order valence-electron chi connectivity index (χ0n) is 11.4. The minimum atomic E-state index is -0.200. The van der Waals surface area contributed by atoms with E-state index >= 15 is 0 Å². The quantitative estimate of drug-likeness (QED) is 0.922. The Morgan fingerprint density at radius 3 is 2.75 bits per heavy atom. The predicted octanol–water partition coefficient (Wildman–Crippen LogP) is 1.77. The molecule has 0 aromatic heterocycles. The Morgan fingerprint density at radius 2 is 2.00 bits per heavy atom. The largest absolute Gasteiger partial charge is 0.497 e. The number of fused-ring (bicyclic) bond motifs is 1. The first-order chi connectivity index (χ1) is 9.74. The number of rotatable bonds is 3. The van der Waals surface area contributed by atoms with Gasteiger partial charge in [0.05, 0.1) is 12.7 Å². The van der Waals surface area contributed by atoms with Crippen molar-refractivity contribution in [2.45, 2.75) is 13.1 Å². The average molecular weight is 274 g/mol. The summed E-state index contributed by atoms with van der Waals surface area (Å²) in [5.74, 6) is 1.57. The van der Waals surface area contributed by atoms with E-state index in [1.165, 1.54) is 17.0 Å². The van der Waals surface area contributed by atoms with Gasteiger partial charge in [0, 0.05) is 5.56 Å². The third-order valence-corrected chi connectivity index (χ3v) is 3.51. The molecule has 0 fully saturated rings. The molecule has 104 valence electrons. The lowest BCUT2D eigenvalue weighted by Gasteiger charge is -2.26. The van der Waals surface area contributed by atoms with E-state index in [4.69, 9.17) is 9.47 Å². The molecule has 1 aliphatic heterocycles. The van der Waals surface area contributed by atoms with Gasteiger partial charge in [-0.2, -0.15) is 0 Å². The molecule has 1 aliphatic rings. The maximum Gasteiger partial charge on any atom is 0.222 e. The van der Waals surface area contributed by atoms with Gasteiger partial charge in [0.1, 0.15) is 30.4 Å². The van der Waals surface area contributed by atoms with Crippen LogP contribution in [0.3, 0.4) is 0 Å². The molecule has 0 saturated carbocycles. The molecule has 3 rings (SSSR count). The van der Waals surface area contributed by atoms with Gasteiger partial charge in [-0.15, -0.1) is 0 Å². The van der Waals surface area contributed by atoms with Gasteiger partial charge in [0.2, 0.25) is 6.73 Å². The summed E-state index contributed by atoms with van der Waals surface area (Å²) in [6.45, 7) is 2.32. The van der Waals surface area contributed by atoms with Crippen LogP contribution in [-0.2, 0) is 13.1 Å². The van der Waals surface area contributed by atoms with Crippen LogP contribution >= 0.6 is 0 Å². The number of methoxy groups -OCH3 is 1. The fraction of sp³-hybridized carbons (Fsp3) is 0.250. The Hall–Kier alpha value is -2.07. The first-order valence-electron chi connectivity index (χ1n) is 6.62. The minimum absolute atomic E-state index is 0.200. The van der Waals surface area contributed by atoms with Crippen molar-refractivity contribution in [1.29, 1.82) is 0 Å². The summed E-state index contributed by atoms with van der Waals surface area (Å²) in [5, 5.41) is 0. The first kappa shape index (κ1) is 12.9. The Labute approximate surface area is 117 Å². The molecule has 0 spiro atoms. The molecule has 20 heavy (non-hydrogen) atoms. The van der Waals surface area contributed by atoms with Crippen LogP contribution in [0.2, 0.25) is 0 Å². The van der Waals surface area contributed by atoms with Gasteiger partial charge < -0.3 is 9.47 Å². The van der Waals surface area contributed by atoms with E-state index in [1.807, 2.05) is 30.3 Å². The molecular formula is C16H17FNO2+. The zero-order chi connectivity index (χ0) is 13.9. The van der Waals surface area contributed by atoms with E-state index in [0.29, 0.717) is 6.73 Å². The summed E-state index contributed by atoms with van der Waals surface area (Å²) in [4.78, 5) is 1.29. The normalized spacial score (nSPS) is 17.2. The van der Waals surface area contributed by atoms with E-state index in [0.717, 1.165) is 35.7 Å². The molecule has 0 aliphatic carbocycles. The van der Waals surface area contributed by atoms with Crippen molar-refractivity contribution in [1.82, 2.24) is 0 Å². The molecule has 2 aromatic rings. The number of benzene rings is 2. The molecule has 0 amide bonds. The van der Waals surface area contributed by atoms with E-state index in [1.54, 1.807) is 7.11 Å². The molecule has 0 radical (unpaired) electrons. The van der Waals surface area contributed by atoms with Crippen LogP contribution in [0.15, 0.2) is 42.5 Å². The second-order valence-electron chi connectivity index (χ2n) is 4.99. The van der Waals surface area contributed by atoms with E-state index in [9.17, 15) is 4.39 Å². The summed E-state index contributed by atoms with van der Waals surface area (Å²) in [6.07, 6.45) is 0. The van der Waals surface area contributed by atoms with Gasteiger partial charge in [-0.25, -0.2) is 4.39 Å². The molecule has 1 heterocycles. The fourth-order valence-corrected chi connectivity index (χ4v) is 2.47. The predicted molar refractivity (Wildman–Crippen MR) is 73.3 cm³/mol. The summed E-state index contributed by atoms with van der Waals surface area (Å²) >= 11 is 0. The van der Waals surface area contributed by atoms with Crippen molar-refractivity contribution in [3.63, 3.8) is 0 Å². The number of quaternary nitrogens is 1. The molecule has 1 N–H and O–H groups in total. The van der Waals surface area contributed by atoms with E-state index < -0.39 is 0 Å². The Kier molecular flexibility index (Phi) is 3.56. The minimum Gasteiger partial charge on any atom is -0.497 e. The third-order valence-electron chi connectivity index (χ3n) is 3.51. The second kappa shape index (κ2) is 5.51. The smallest absolute Gasteiger partial charge is 0.222 e. The highest BCUT2D eigenvalue weighted by Crippen LogP contribution is 2.24. The van der Waals surface area contributed by atoms with Crippen molar-refractivity contribution in [3.05, 3.63) is 59.4 Å². The molecule has 0 bridgehead atoms. The van der Waals surface area contributed by atoms with Crippen LogP contribution in [-0.4, -0.2) is 13.8 Å². The molecule has 2 aromatic carbocycles. The highest BCUT2D eigenvalue weighted by molar-refractivity contribution is 5.40. The van der Waals surface area contributed by atoms with Crippen LogP contribution < -0.4 is 14.4 Å². The number of nitrogens with one attached hydrogen (secondary N) is 1. The first-order valence-corrected chi connectivity index (χ1v) is 6.62. The lowest BCUT2D eigenvalue weighted by molar-refractivity contribution is -0.945. The number of halogens is 1. The molecule has 1 unspecified atom stereocenters. The summed E-state index contributed by atoms with van der Waals surface area (Å²) in [5.41, 5.74) is 2.25. The highest BCUT2D eigenvalue weighted by atomic mass is 19.1. The van der Waals surface area contributed by atoms with Gasteiger partial charge >= 0.3 is 0 Å². The lowest BCUT2D eigenvalue weighted by atomic mass is 10.1. The number of ether oxygens (including phenoxy) is 2. The standard InChI is InChI=1S/C16H16FNO2/c1-19-15-6-7-16-13(8-15)10-18(11-20-16)9-12-2-4-14(17)5-3-12/h2-8H,9-11H2,1H3/p+1. The van der Waals surface area contributed by atoms with E-state index in [2.05, 4.69) is 0 Å². The molecular weight excluding hydrogens is 257 g/mol. The Bertz CT molecular complexity index is 598. The summed E-state index contributed by atoms with van der Waals surface area (Å²) in [6, 6.07) is 12.5. The van der Waals surface area contributed by atoms with Crippen LogP contribution in [0, 0.1) is 5.82 Å². The third kappa shape index (κ3) is 2.75. The van der Waals surface area contributed by atoms with Gasteiger partial charge in [0.15, 0.2) is 0 Å². The van der Waals surface area contributed by atoms with Crippen molar-refractivity contribution in [2.75, 3.05) is 13.8 Å². The van der Waals surface area contributed by atoms with Crippen LogP contribution in [0.1, 0.15) is 11.1 Å². The Morgan fingerprint density at radius 1 is 1.20 bits per heavy atom. The van der Waals surface area contributed by atoms with Gasteiger partial charge in [-0.05, 0) is 30.3 Å². The molecule has 4 heteroatoms.